The molecule has 0 bridgehead atoms. The van der Waals surface area contributed by atoms with Crippen LogP contribution >= 0.6 is 0 Å². The van der Waals surface area contributed by atoms with Crippen LogP contribution in [-0.4, -0.2) is 55.2 Å². The van der Waals surface area contributed by atoms with Crippen LogP contribution in [0, 0.1) is 5.92 Å². The molecule has 0 aromatic heterocycles. The van der Waals surface area contributed by atoms with Crippen molar-refractivity contribution in [3.05, 3.63) is 0 Å². The van der Waals surface area contributed by atoms with Crippen LogP contribution < -0.4 is 5.32 Å². The zero-order chi connectivity index (χ0) is 14.8. The van der Waals surface area contributed by atoms with E-state index in [9.17, 15) is 14.4 Å². The van der Waals surface area contributed by atoms with E-state index in [1.165, 1.54) is 12.0 Å². The van der Waals surface area contributed by atoms with Gasteiger partial charge in [0.2, 0.25) is 0 Å². The summed E-state index contributed by atoms with van der Waals surface area (Å²) in [5, 5.41) is 11.3. The molecule has 110 valence electrons. The number of rotatable bonds is 8. The Hall–Kier alpha value is -1.79. The van der Waals surface area contributed by atoms with Gasteiger partial charge in [-0.25, -0.2) is 4.79 Å². The molecule has 1 unspecified atom stereocenters. The van der Waals surface area contributed by atoms with Crippen molar-refractivity contribution in [3.63, 3.8) is 0 Å². The molecule has 0 radical (unpaired) electrons. The molecule has 0 saturated carbocycles. The van der Waals surface area contributed by atoms with Crippen molar-refractivity contribution in [3.8, 4) is 0 Å². The zero-order valence-corrected chi connectivity index (χ0v) is 11.6. The number of carboxylic acid groups (broad SMARTS) is 1. The monoisotopic (exact) mass is 274 g/mol. The molecule has 0 aliphatic heterocycles. The summed E-state index contributed by atoms with van der Waals surface area (Å²) in [5.41, 5.74) is 0. The molecule has 0 rings (SSSR count). The first-order chi connectivity index (χ1) is 8.88. The Balaban J connectivity index is 3.76. The lowest BCUT2D eigenvalue weighted by molar-refractivity contribution is -0.141. The van der Waals surface area contributed by atoms with Crippen LogP contribution in [0.4, 0.5) is 4.79 Å². The topological polar surface area (TPSA) is 95.9 Å². The number of esters is 1. The van der Waals surface area contributed by atoms with E-state index in [-0.39, 0.29) is 18.4 Å². The first-order valence-corrected chi connectivity index (χ1v) is 6.17. The number of hydrogen-bond donors (Lipinski definition) is 2. The average Bonchev–Trinajstić information content (AvgIpc) is 2.37. The number of carboxylic acids is 1. The van der Waals surface area contributed by atoms with Gasteiger partial charge >= 0.3 is 18.0 Å². The third kappa shape index (κ3) is 8.01. The van der Waals surface area contributed by atoms with Crippen LogP contribution in [0.5, 0.6) is 0 Å². The lowest BCUT2D eigenvalue weighted by Crippen LogP contribution is -2.39. The Morgan fingerprint density at radius 1 is 1.37 bits per heavy atom. The third-order valence-corrected chi connectivity index (χ3v) is 2.72. The molecular formula is C12H22N2O5. The molecule has 0 fully saturated rings. The Bertz CT molecular complexity index is 319. The normalized spacial score (nSPS) is 11.5. The molecular weight excluding hydrogens is 252 g/mol. The maximum atomic E-state index is 11.6. The van der Waals surface area contributed by atoms with E-state index in [0.717, 1.165) is 0 Å². The molecule has 0 aliphatic carbocycles. The van der Waals surface area contributed by atoms with E-state index in [0.29, 0.717) is 25.9 Å². The van der Waals surface area contributed by atoms with Crippen molar-refractivity contribution in [2.75, 3.05) is 27.2 Å². The van der Waals surface area contributed by atoms with Crippen molar-refractivity contribution < 1.29 is 24.2 Å². The Morgan fingerprint density at radius 2 is 2.00 bits per heavy atom. The summed E-state index contributed by atoms with van der Waals surface area (Å²) in [6.07, 6.45) is 1.18. The summed E-state index contributed by atoms with van der Waals surface area (Å²) in [6, 6.07) is -0.276. The highest BCUT2D eigenvalue weighted by molar-refractivity contribution is 5.74. The summed E-state index contributed by atoms with van der Waals surface area (Å²) in [4.78, 5) is 34.5. The number of hydrogen-bond acceptors (Lipinski definition) is 4. The van der Waals surface area contributed by atoms with Crippen molar-refractivity contribution in [2.45, 2.75) is 26.2 Å². The van der Waals surface area contributed by atoms with Crippen LogP contribution in [0.3, 0.4) is 0 Å². The highest BCUT2D eigenvalue weighted by Crippen LogP contribution is 2.00. The molecule has 7 nitrogen and oxygen atoms in total. The zero-order valence-electron chi connectivity index (χ0n) is 11.6. The fraction of sp³-hybridized carbons (Fsp3) is 0.750. The smallest absolute Gasteiger partial charge is 0.317 e. The largest absolute Gasteiger partial charge is 0.481 e. The molecule has 2 N–H and O–H groups in total. The predicted molar refractivity (Wildman–Crippen MR) is 68.7 cm³/mol. The maximum absolute atomic E-state index is 11.6. The minimum absolute atomic E-state index is 0.268. The molecule has 7 heteroatoms. The SMILES string of the molecule is COC(=O)CCCN(C)C(=O)NCCC(C)C(=O)O. The molecule has 0 heterocycles. The van der Waals surface area contributed by atoms with E-state index < -0.39 is 11.9 Å². The molecule has 1 atom stereocenters. The highest BCUT2D eigenvalue weighted by atomic mass is 16.5. The van der Waals surface area contributed by atoms with Gasteiger partial charge < -0.3 is 20.1 Å². The summed E-state index contributed by atoms with van der Waals surface area (Å²) >= 11 is 0. The fourth-order valence-corrected chi connectivity index (χ4v) is 1.32. The average molecular weight is 274 g/mol. The van der Waals surface area contributed by atoms with Crippen LogP contribution in [0.25, 0.3) is 0 Å². The Labute approximate surface area is 112 Å². The first kappa shape index (κ1) is 17.2. The molecule has 0 aromatic carbocycles. The molecule has 0 saturated heterocycles. The first-order valence-electron chi connectivity index (χ1n) is 6.17. The van der Waals surface area contributed by atoms with Gasteiger partial charge in [0.05, 0.1) is 13.0 Å². The number of methoxy groups -OCH3 is 1. The van der Waals surface area contributed by atoms with Crippen LogP contribution in [0.1, 0.15) is 26.2 Å². The summed E-state index contributed by atoms with van der Waals surface area (Å²) in [6.45, 7) is 2.34. The number of urea groups is 1. The van der Waals surface area contributed by atoms with Gasteiger partial charge in [0.15, 0.2) is 0 Å². The van der Waals surface area contributed by atoms with E-state index in [1.54, 1.807) is 14.0 Å². The quantitative estimate of drug-likeness (QED) is 0.635. The Kier molecular flexibility index (Phi) is 8.32. The van der Waals surface area contributed by atoms with Crippen molar-refractivity contribution in [1.29, 1.82) is 0 Å². The van der Waals surface area contributed by atoms with Crippen molar-refractivity contribution >= 4 is 18.0 Å². The van der Waals surface area contributed by atoms with Crippen LogP contribution in [0.15, 0.2) is 0 Å². The Morgan fingerprint density at radius 3 is 2.53 bits per heavy atom. The summed E-state index contributed by atoms with van der Waals surface area (Å²) < 4.78 is 4.49. The van der Waals surface area contributed by atoms with Crippen LogP contribution in [-0.2, 0) is 14.3 Å². The number of carbonyl (C=O) groups is 3. The van der Waals surface area contributed by atoms with E-state index in [4.69, 9.17) is 5.11 Å². The number of amides is 2. The van der Waals surface area contributed by atoms with Gasteiger partial charge in [0.1, 0.15) is 0 Å². The lowest BCUT2D eigenvalue weighted by Gasteiger charge is -2.18. The lowest BCUT2D eigenvalue weighted by atomic mass is 10.1. The third-order valence-electron chi connectivity index (χ3n) is 2.72. The van der Waals surface area contributed by atoms with E-state index in [1.807, 2.05) is 0 Å². The minimum Gasteiger partial charge on any atom is -0.481 e. The fourth-order valence-electron chi connectivity index (χ4n) is 1.32. The second-order valence-corrected chi connectivity index (χ2v) is 4.36. The number of aliphatic carboxylic acids is 1. The van der Waals surface area contributed by atoms with Gasteiger partial charge in [0.25, 0.3) is 0 Å². The number of nitrogens with one attached hydrogen (secondary N) is 1. The number of ether oxygens (including phenoxy) is 1. The van der Waals surface area contributed by atoms with Crippen molar-refractivity contribution in [2.24, 2.45) is 5.92 Å². The maximum Gasteiger partial charge on any atom is 0.317 e. The standard InChI is InChI=1S/C12H22N2O5/c1-9(11(16)17)6-7-13-12(18)14(2)8-4-5-10(15)19-3/h9H,4-8H2,1-3H3,(H,13,18)(H,16,17). The van der Waals surface area contributed by atoms with Gasteiger partial charge in [-0.1, -0.05) is 6.92 Å². The molecule has 0 aliphatic rings. The predicted octanol–water partition coefficient (Wildman–Crippen LogP) is 0.692. The van der Waals surface area contributed by atoms with Gasteiger partial charge in [-0.15, -0.1) is 0 Å². The van der Waals surface area contributed by atoms with E-state index in [2.05, 4.69) is 10.1 Å². The second kappa shape index (κ2) is 9.18. The second-order valence-electron chi connectivity index (χ2n) is 4.36. The minimum atomic E-state index is -0.874. The summed E-state index contributed by atoms with van der Waals surface area (Å²) in [7, 11) is 2.94. The molecule has 2 amide bonds. The van der Waals surface area contributed by atoms with Gasteiger partial charge in [-0.05, 0) is 12.8 Å². The van der Waals surface area contributed by atoms with Gasteiger partial charge in [0, 0.05) is 26.6 Å². The number of nitrogens with zero attached hydrogens (tertiary/aromatic N) is 1. The van der Waals surface area contributed by atoms with E-state index >= 15 is 0 Å². The van der Waals surface area contributed by atoms with Crippen LogP contribution in [0.2, 0.25) is 0 Å². The summed E-state index contributed by atoms with van der Waals surface area (Å²) in [5.74, 6) is -1.66. The van der Waals surface area contributed by atoms with Crippen molar-refractivity contribution in [1.82, 2.24) is 10.2 Å². The molecule has 0 spiro atoms. The van der Waals surface area contributed by atoms with Gasteiger partial charge in [-0.3, -0.25) is 9.59 Å². The number of carbonyl (C=O) groups excluding carboxylic acids is 2. The molecule has 0 aromatic rings. The van der Waals surface area contributed by atoms with Gasteiger partial charge in [-0.2, -0.15) is 0 Å². The molecule has 19 heavy (non-hydrogen) atoms. The highest BCUT2D eigenvalue weighted by Gasteiger charge is 2.12.